The van der Waals surface area contributed by atoms with Crippen LogP contribution in [0, 0.1) is 13.8 Å². The topological polar surface area (TPSA) is 98.1 Å². The summed E-state index contributed by atoms with van der Waals surface area (Å²) in [5.74, 6) is -0.722. The Balaban J connectivity index is 1.68. The molecule has 3 aromatic rings. The summed E-state index contributed by atoms with van der Waals surface area (Å²) in [7, 11) is 0. The van der Waals surface area contributed by atoms with Gasteiger partial charge in [-0.3, -0.25) is 9.48 Å². The fourth-order valence-electron chi connectivity index (χ4n) is 3.49. The molecule has 1 aliphatic heterocycles. The fourth-order valence-corrected chi connectivity index (χ4v) is 3.86. The van der Waals surface area contributed by atoms with Crippen molar-refractivity contribution >= 4 is 44.5 Å². The lowest BCUT2D eigenvalue weighted by Gasteiger charge is -2.13. The van der Waals surface area contributed by atoms with Crippen LogP contribution in [0.25, 0.3) is 10.9 Å². The van der Waals surface area contributed by atoms with E-state index in [1.165, 1.54) is 6.07 Å². The number of halogens is 4. The first-order valence-electron chi connectivity index (χ1n) is 9.50. The lowest BCUT2D eigenvalue weighted by molar-refractivity contribution is -0.140. The van der Waals surface area contributed by atoms with Gasteiger partial charge in [0.05, 0.1) is 41.2 Å². The van der Waals surface area contributed by atoms with Crippen LogP contribution in [0.15, 0.2) is 28.7 Å². The number of carbonyl (C=O) groups excluding carboxylic acids is 2. The molecule has 0 aliphatic carbocycles. The fraction of sp³-hybridized carbons (Fsp3) is 0.300. The van der Waals surface area contributed by atoms with Crippen molar-refractivity contribution in [1.82, 2.24) is 20.1 Å². The quantitative estimate of drug-likeness (QED) is 0.547. The molecule has 4 rings (SSSR count). The van der Waals surface area contributed by atoms with Gasteiger partial charge in [-0.25, -0.2) is 9.78 Å². The Labute approximate surface area is 188 Å². The zero-order chi connectivity index (χ0) is 23.2. The van der Waals surface area contributed by atoms with Gasteiger partial charge in [0.2, 0.25) is 0 Å². The van der Waals surface area contributed by atoms with Crippen molar-refractivity contribution in [2.45, 2.75) is 32.7 Å². The van der Waals surface area contributed by atoms with Crippen LogP contribution in [-0.2, 0) is 17.5 Å². The molecule has 0 bridgehead atoms. The van der Waals surface area contributed by atoms with Gasteiger partial charge in [0, 0.05) is 9.86 Å². The molecule has 1 unspecified atom stereocenters. The SMILES string of the molecule is Cc1nn(CC2CNC(=O)O2)c(C)c1NC(=O)c1cc(C(F)(F)F)nc2ccc(Br)cc12. The maximum absolute atomic E-state index is 13.4. The molecule has 1 saturated heterocycles. The summed E-state index contributed by atoms with van der Waals surface area (Å²) in [6.45, 7) is 3.98. The molecule has 1 fully saturated rings. The molecule has 168 valence electrons. The number of alkyl halides is 3. The molecule has 3 heterocycles. The molecule has 32 heavy (non-hydrogen) atoms. The smallest absolute Gasteiger partial charge is 0.433 e. The van der Waals surface area contributed by atoms with Crippen molar-refractivity contribution in [3.8, 4) is 0 Å². The molecule has 1 aliphatic rings. The number of rotatable bonds is 4. The van der Waals surface area contributed by atoms with Crippen LogP contribution in [0.1, 0.15) is 27.4 Å². The molecule has 12 heteroatoms. The average Bonchev–Trinajstić information content (AvgIpc) is 3.24. The number of fused-ring (bicyclic) bond motifs is 1. The summed E-state index contributed by atoms with van der Waals surface area (Å²) in [6.07, 6.45) is -5.64. The van der Waals surface area contributed by atoms with Crippen LogP contribution in [0.2, 0.25) is 0 Å². The van der Waals surface area contributed by atoms with Gasteiger partial charge >= 0.3 is 12.3 Å². The number of hydrogen-bond donors (Lipinski definition) is 2. The first-order chi connectivity index (χ1) is 15.0. The molecule has 2 amide bonds. The number of cyclic esters (lactones) is 1. The van der Waals surface area contributed by atoms with Crippen LogP contribution in [0.3, 0.4) is 0 Å². The van der Waals surface area contributed by atoms with Crippen LogP contribution < -0.4 is 10.6 Å². The Morgan fingerprint density at radius 2 is 2.09 bits per heavy atom. The van der Waals surface area contributed by atoms with Crippen LogP contribution in [0.4, 0.5) is 23.7 Å². The Hall–Kier alpha value is -3.15. The van der Waals surface area contributed by atoms with Crippen LogP contribution >= 0.6 is 15.9 Å². The molecule has 2 N–H and O–H groups in total. The van der Waals surface area contributed by atoms with Gasteiger partial charge in [0.25, 0.3) is 5.91 Å². The Morgan fingerprint density at radius 1 is 1.34 bits per heavy atom. The summed E-state index contributed by atoms with van der Waals surface area (Å²) >= 11 is 3.28. The predicted molar refractivity (Wildman–Crippen MR) is 112 cm³/mol. The number of hydrogen-bond acceptors (Lipinski definition) is 5. The molecule has 1 aromatic carbocycles. The number of ether oxygens (including phenoxy) is 1. The van der Waals surface area contributed by atoms with E-state index in [0.29, 0.717) is 28.1 Å². The molecular weight excluding hydrogens is 495 g/mol. The highest BCUT2D eigenvalue weighted by atomic mass is 79.9. The normalized spacial score (nSPS) is 16.2. The Morgan fingerprint density at radius 3 is 2.75 bits per heavy atom. The number of pyridine rings is 1. The highest BCUT2D eigenvalue weighted by molar-refractivity contribution is 9.10. The van der Waals surface area contributed by atoms with Gasteiger partial charge < -0.3 is 15.4 Å². The molecule has 8 nitrogen and oxygen atoms in total. The highest BCUT2D eigenvalue weighted by Gasteiger charge is 2.34. The van der Waals surface area contributed by atoms with E-state index in [1.54, 1.807) is 30.7 Å². The Kier molecular flexibility index (Phi) is 5.57. The van der Waals surface area contributed by atoms with Crippen molar-refractivity contribution in [2.24, 2.45) is 0 Å². The second-order valence-electron chi connectivity index (χ2n) is 7.30. The number of aromatic nitrogens is 3. The molecule has 2 aromatic heterocycles. The zero-order valence-electron chi connectivity index (χ0n) is 16.9. The number of anilines is 1. The van der Waals surface area contributed by atoms with Crippen molar-refractivity contribution in [3.05, 3.63) is 51.4 Å². The third kappa shape index (κ3) is 4.27. The number of nitrogens with one attached hydrogen (secondary N) is 2. The average molecular weight is 512 g/mol. The lowest BCUT2D eigenvalue weighted by atomic mass is 10.1. The summed E-state index contributed by atoms with van der Waals surface area (Å²) in [6, 6.07) is 5.25. The molecule has 0 spiro atoms. The van der Waals surface area contributed by atoms with E-state index in [2.05, 4.69) is 36.6 Å². The zero-order valence-corrected chi connectivity index (χ0v) is 18.5. The van der Waals surface area contributed by atoms with Crippen molar-refractivity contribution in [1.29, 1.82) is 0 Å². The summed E-state index contributed by atoms with van der Waals surface area (Å²) < 4.78 is 47.4. The molecule has 0 radical (unpaired) electrons. The minimum Gasteiger partial charge on any atom is -0.442 e. The van der Waals surface area contributed by atoms with Gasteiger partial charge in [-0.2, -0.15) is 18.3 Å². The largest absolute Gasteiger partial charge is 0.442 e. The summed E-state index contributed by atoms with van der Waals surface area (Å²) in [4.78, 5) is 28.0. The number of amides is 2. The standard InChI is InChI=1S/C20H17BrF3N5O3/c1-9-17(10(2)29(28-9)8-12-7-25-19(31)32-12)27-18(30)14-6-16(20(22,23)24)26-15-4-3-11(21)5-13(14)15/h3-6,12H,7-8H2,1-2H3,(H,25,31)(H,27,30). The molecular formula is C20H17BrF3N5O3. The van der Waals surface area contributed by atoms with Crippen molar-refractivity contribution < 1.29 is 27.5 Å². The van der Waals surface area contributed by atoms with Gasteiger partial charge in [-0.05, 0) is 38.1 Å². The monoisotopic (exact) mass is 511 g/mol. The third-order valence-electron chi connectivity index (χ3n) is 5.05. The molecule has 0 saturated carbocycles. The van der Waals surface area contributed by atoms with E-state index in [-0.39, 0.29) is 23.0 Å². The first-order valence-corrected chi connectivity index (χ1v) is 10.3. The second-order valence-corrected chi connectivity index (χ2v) is 8.22. The maximum Gasteiger partial charge on any atom is 0.433 e. The van der Waals surface area contributed by atoms with Gasteiger partial charge in [0.1, 0.15) is 11.8 Å². The first kappa shape index (κ1) is 22.1. The van der Waals surface area contributed by atoms with E-state index in [9.17, 15) is 22.8 Å². The van der Waals surface area contributed by atoms with Gasteiger partial charge in [-0.15, -0.1) is 0 Å². The minimum absolute atomic E-state index is 0.0489. The van der Waals surface area contributed by atoms with Crippen LogP contribution in [0.5, 0.6) is 0 Å². The molecule has 1 atom stereocenters. The van der Waals surface area contributed by atoms with E-state index >= 15 is 0 Å². The van der Waals surface area contributed by atoms with Crippen molar-refractivity contribution in [2.75, 3.05) is 11.9 Å². The predicted octanol–water partition coefficient (Wildman–Crippen LogP) is 4.19. The highest BCUT2D eigenvalue weighted by Crippen LogP contribution is 2.32. The van der Waals surface area contributed by atoms with E-state index in [0.717, 1.165) is 6.07 Å². The summed E-state index contributed by atoms with van der Waals surface area (Å²) in [5, 5.41) is 9.87. The number of alkyl carbamates (subject to hydrolysis) is 1. The number of aryl methyl sites for hydroxylation is 1. The number of benzene rings is 1. The second kappa shape index (κ2) is 8.08. The van der Waals surface area contributed by atoms with E-state index in [4.69, 9.17) is 4.74 Å². The summed E-state index contributed by atoms with van der Waals surface area (Å²) in [5.41, 5.74) is 0.160. The maximum atomic E-state index is 13.4. The van der Waals surface area contributed by atoms with Crippen molar-refractivity contribution in [3.63, 3.8) is 0 Å². The van der Waals surface area contributed by atoms with E-state index < -0.39 is 30.0 Å². The minimum atomic E-state index is -4.71. The van der Waals surface area contributed by atoms with E-state index in [1.807, 2.05) is 0 Å². The van der Waals surface area contributed by atoms with Gasteiger partial charge in [-0.1, -0.05) is 15.9 Å². The Bertz CT molecular complexity index is 1240. The number of carbonyl (C=O) groups is 2. The third-order valence-corrected chi connectivity index (χ3v) is 5.54. The van der Waals surface area contributed by atoms with Gasteiger partial charge in [0.15, 0.2) is 0 Å². The van der Waals surface area contributed by atoms with Crippen LogP contribution in [-0.4, -0.2) is 39.4 Å². The number of nitrogens with zero attached hydrogens (tertiary/aromatic N) is 3. The lowest BCUT2D eigenvalue weighted by Crippen LogP contribution is -2.22.